The maximum absolute atomic E-state index is 3.54. The summed E-state index contributed by atoms with van der Waals surface area (Å²) >= 11 is 7.07. The van der Waals surface area contributed by atoms with Gasteiger partial charge in [-0.25, -0.2) is 0 Å². The molecule has 1 rings (SSSR count). The fraction of sp³-hybridized carbons (Fsp3) is 0.778. The molecule has 0 amide bonds. The van der Waals surface area contributed by atoms with Crippen molar-refractivity contribution < 1.29 is 0 Å². The van der Waals surface area contributed by atoms with Crippen molar-refractivity contribution in [2.75, 3.05) is 0 Å². The van der Waals surface area contributed by atoms with Crippen LogP contribution in [0.4, 0.5) is 0 Å². The van der Waals surface area contributed by atoms with Crippen LogP contribution in [0.15, 0.2) is 11.6 Å². The zero-order valence-electron chi connectivity index (χ0n) is 7.03. The first kappa shape index (κ1) is 9.79. The molecule has 0 atom stereocenters. The monoisotopic (exact) mass is 280 g/mol. The second kappa shape index (κ2) is 3.61. The van der Waals surface area contributed by atoms with Crippen molar-refractivity contribution in [2.24, 2.45) is 5.41 Å². The molecule has 1 aliphatic carbocycles. The molecule has 0 nitrogen and oxygen atoms in total. The fourth-order valence-electron chi connectivity index (χ4n) is 1.57. The minimum Gasteiger partial charge on any atom is -0.0777 e. The first-order valence-electron chi connectivity index (χ1n) is 4.01. The number of halogens is 2. The van der Waals surface area contributed by atoms with Crippen LogP contribution in [0, 0.1) is 5.41 Å². The standard InChI is InChI=1S/C9H14Br2/c1-9(2)5-3-4-7(6-9)8(10)11/h6,8H,3-5H2,1-2H3. The first-order chi connectivity index (χ1) is 5.01. The summed E-state index contributed by atoms with van der Waals surface area (Å²) in [5.41, 5.74) is 1.91. The fourth-order valence-corrected chi connectivity index (χ4v) is 2.29. The van der Waals surface area contributed by atoms with Crippen LogP contribution in [0.2, 0.25) is 0 Å². The van der Waals surface area contributed by atoms with E-state index in [2.05, 4.69) is 51.8 Å². The highest BCUT2D eigenvalue weighted by atomic mass is 79.9. The van der Waals surface area contributed by atoms with Crippen molar-refractivity contribution in [1.82, 2.24) is 0 Å². The molecule has 2 heteroatoms. The molecule has 0 heterocycles. The largest absolute Gasteiger partial charge is 0.0906 e. The van der Waals surface area contributed by atoms with Crippen molar-refractivity contribution in [2.45, 2.75) is 36.8 Å². The highest BCUT2D eigenvalue weighted by molar-refractivity contribution is 9.24. The maximum atomic E-state index is 3.54. The van der Waals surface area contributed by atoms with E-state index in [0.717, 1.165) is 0 Å². The number of hydrogen-bond donors (Lipinski definition) is 0. The smallest absolute Gasteiger partial charge is 0.0777 e. The number of hydrogen-bond acceptors (Lipinski definition) is 0. The van der Waals surface area contributed by atoms with Gasteiger partial charge in [-0.2, -0.15) is 0 Å². The van der Waals surface area contributed by atoms with Gasteiger partial charge in [-0.05, 0) is 30.3 Å². The molecule has 0 saturated carbocycles. The third kappa shape index (κ3) is 2.90. The summed E-state index contributed by atoms with van der Waals surface area (Å²) in [6.45, 7) is 4.60. The lowest BCUT2D eigenvalue weighted by molar-refractivity contribution is 0.397. The Morgan fingerprint density at radius 2 is 2.09 bits per heavy atom. The van der Waals surface area contributed by atoms with Gasteiger partial charge in [-0.1, -0.05) is 51.8 Å². The second-order valence-electron chi connectivity index (χ2n) is 3.86. The molecule has 64 valence electrons. The minimum absolute atomic E-state index is 0.384. The Kier molecular flexibility index (Phi) is 3.21. The normalized spacial score (nSPS) is 23.5. The van der Waals surface area contributed by atoms with Gasteiger partial charge in [0.05, 0.1) is 3.74 Å². The van der Waals surface area contributed by atoms with Gasteiger partial charge in [0.25, 0.3) is 0 Å². The van der Waals surface area contributed by atoms with Gasteiger partial charge < -0.3 is 0 Å². The van der Waals surface area contributed by atoms with Crippen LogP contribution in [0.25, 0.3) is 0 Å². The molecular weight excluding hydrogens is 268 g/mol. The average molecular weight is 282 g/mol. The van der Waals surface area contributed by atoms with Crippen LogP contribution in [-0.2, 0) is 0 Å². The molecule has 11 heavy (non-hydrogen) atoms. The average Bonchev–Trinajstić information content (AvgIpc) is 1.85. The Bertz CT molecular complexity index is 168. The lowest BCUT2D eigenvalue weighted by Gasteiger charge is -2.28. The Morgan fingerprint density at radius 1 is 1.45 bits per heavy atom. The molecular formula is C9H14Br2. The molecule has 0 aromatic carbocycles. The van der Waals surface area contributed by atoms with Crippen molar-refractivity contribution in [3.05, 3.63) is 11.6 Å². The highest BCUT2D eigenvalue weighted by Crippen LogP contribution is 2.37. The van der Waals surface area contributed by atoms with Crippen molar-refractivity contribution in [3.8, 4) is 0 Å². The van der Waals surface area contributed by atoms with E-state index >= 15 is 0 Å². The van der Waals surface area contributed by atoms with E-state index in [1.807, 2.05) is 0 Å². The van der Waals surface area contributed by atoms with Crippen LogP contribution in [-0.4, -0.2) is 3.74 Å². The van der Waals surface area contributed by atoms with E-state index in [0.29, 0.717) is 9.15 Å². The summed E-state index contributed by atoms with van der Waals surface area (Å²) < 4.78 is 0.384. The van der Waals surface area contributed by atoms with E-state index in [1.165, 1.54) is 24.8 Å². The van der Waals surface area contributed by atoms with E-state index in [9.17, 15) is 0 Å². The van der Waals surface area contributed by atoms with Gasteiger partial charge >= 0.3 is 0 Å². The summed E-state index contributed by atoms with van der Waals surface area (Å²) in [5.74, 6) is 0. The molecule has 0 aromatic rings. The molecule has 0 spiro atoms. The zero-order valence-corrected chi connectivity index (χ0v) is 10.2. The van der Waals surface area contributed by atoms with Crippen LogP contribution < -0.4 is 0 Å². The Labute approximate surface area is 85.7 Å². The molecule has 0 aromatic heterocycles. The van der Waals surface area contributed by atoms with E-state index in [4.69, 9.17) is 0 Å². The Balaban J connectivity index is 2.73. The maximum Gasteiger partial charge on any atom is 0.0906 e. The third-order valence-electron chi connectivity index (χ3n) is 2.14. The topological polar surface area (TPSA) is 0 Å². The first-order valence-corrected chi connectivity index (χ1v) is 5.84. The van der Waals surface area contributed by atoms with Gasteiger partial charge in [0.15, 0.2) is 0 Å². The van der Waals surface area contributed by atoms with Crippen molar-refractivity contribution in [1.29, 1.82) is 0 Å². The van der Waals surface area contributed by atoms with E-state index in [1.54, 1.807) is 0 Å². The van der Waals surface area contributed by atoms with Crippen LogP contribution >= 0.6 is 31.9 Å². The molecule has 0 fully saturated rings. The van der Waals surface area contributed by atoms with Crippen LogP contribution in [0.3, 0.4) is 0 Å². The molecule has 0 radical (unpaired) electrons. The number of allylic oxidation sites excluding steroid dienone is 2. The zero-order chi connectivity index (χ0) is 8.48. The van der Waals surface area contributed by atoms with E-state index < -0.39 is 0 Å². The SMILES string of the molecule is CC1(C)C=C(C(Br)Br)CCC1. The lowest BCUT2D eigenvalue weighted by atomic mass is 9.80. The van der Waals surface area contributed by atoms with Crippen molar-refractivity contribution >= 4 is 31.9 Å². The molecule has 0 aliphatic heterocycles. The quantitative estimate of drug-likeness (QED) is 0.498. The number of rotatable bonds is 1. The Hall–Kier alpha value is 0.700. The van der Waals surface area contributed by atoms with Gasteiger partial charge in [0.2, 0.25) is 0 Å². The van der Waals surface area contributed by atoms with Crippen molar-refractivity contribution in [3.63, 3.8) is 0 Å². The van der Waals surface area contributed by atoms with Gasteiger partial charge in [-0.15, -0.1) is 0 Å². The predicted molar refractivity (Wildman–Crippen MR) is 57.4 cm³/mol. The third-order valence-corrected chi connectivity index (χ3v) is 3.32. The van der Waals surface area contributed by atoms with Gasteiger partial charge in [0.1, 0.15) is 0 Å². The van der Waals surface area contributed by atoms with Crippen LogP contribution in [0.1, 0.15) is 33.1 Å². The molecule has 0 unspecified atom stereocenters. The summed E-state index contributed by atoms with van der Waals surface area (Å²) in [7, 11) is 0. The summed E-state index contributed by atoms with van der Waals surface area (Å²) in [6.07, 6.45) is 6.28. The lowest BCUT2D eigenvalue weighted by Crippen LogP contribution is -2.15. The van der Waals surface area contributed by atoms with Gasteiger partial charge in [-0.3, -0.25) is 0 Å². The minimum atomic E-state index is 0.384. The molecule has 0 bridgehead atoms. The molecule has 0 N–H and O–H groups in total. The predicted octanol–water partition coefficient (Wildman–Crippen LogP) is 4.24. The molecule has 0 saturated heterocycles. The number of alkyl halides is 2. The second-order valence-corrected chi connectivity index (χ2v) is 6.92. The van der Waals surface area contributed by atoms with Crippen LogP contribution in [0.5, 0.6) is 0 Å². The van der Waals surface area contributed by atoms with Gasteiger partial charge in [0, 0.05) is 0 Å². The van der Waals surface area contributed by atoms with E-state index in [-0.39, 0.29) is 0 Å². The summed E-state index contributed by atoms with van der Waals surface area (Å²) in [5, 5.41) is 0. The Morgan fingerprint density at radius 3 is 2.45 bits per heavy atom. The summed E-state index contributed by atoms with van der Waals surface area (Å²) in [4.78, 5) is 0. The molecule has 1 aliphatic rings. The highest BCUT2D eigenvalue weighted by Gasteiger charge is 2.22. The summed E-state index contributed by atoms with van der Waals surface area (Å²) in [6, 6.07) is 0.